The Labute approximate surface area is 214 Å². The van der Waals surface area contributed by atoms with Gasteiger partial charge in [-0.15, -0.1) is 0 Å². The van der Waals surface area contributed by atoms with Gasteiger partial charge in [0.05, 0.1) is 37.0 Å². The molecule has 0 aromatic carbocycles. The number of methoxy groups -OCH3 is 1. The number of hydrogen-bond donors (Lipinski definition) is 0. The van der Waals surface area contributed by atoms with E-state index in [2.05, 4.69) is 9.97 Å². The van der Waals surface area contributed by atoms with Crippen molar-refractivity contribution in [3.8, 4) is 0 Å². The molecule has 37 heavy (non-hydrogen) atoms. The van der Waals surface area contributed by atoms with Crippen LogP contribution < -0.4 is 0 Å². The minimum Gasteiger partial charge on any atom is -0.472 e. The molecule has 2 saturated carbocycles. The quantitative estimate of drug-likeness (QED) is 0.445. The molecular weight excluding hydrogens is 480 g/mol. The van der Waals surface area contributed by atoms with Gasteiger partial charge in [0.15, 0.2) is 11.9 Å². The number of rotatable bonds is 4. The van der Waals surface area contributed by atoms with Crippen molar-refractivity contribution in [2.24, 2.45) is 28.6 Å². The largest absolute Gasteiger partial charge is 0.472 e. The number of carbonyl (C=O) groups is 4. The van der Waals surface area contributed by atoms with Crippen molar-refractivity contribution in [3.63, 3.8) is 0 Å². The number of furan rings is 1. The standard InChI is InChI=1S/C27H30N2O8/c1-14-28-11-16(12-29-14)23(31)36-19-9-18(24(32)34-4)26(2)7-5-17-25(33)37-20(15-6-8-35-13-15)10-27(17,3)22(26)21(19)30/h6,8,11-13,17-20,22H,5,7,9-10H2,1-4H3/t17-,18-,19-,20-,22-,26-,27-/m0/s1. The van der Waals surface area contributed by atoms with Gasteiger partial charge in [0.25, 0.3) is 0 Å². The number of ketones is 1. The van der Waals surface area contributed by atoms with E-state index in [-0.39, 0.29) is 23.7 Å². The predicted molar refractivity (Wildman–Crippen MR) is 126 cm³/mol. The summed E-state index contributed by atoms with van der Waals surface area (Å²) in [6.45, 7) is 5.52. The number of ether oxygens (including phenoxy) is 3. The van der Waals surface area contributed by atoms with Gasteiger partial charge < -0.3 is 18.6 Å². The van der Waals surface area contributed by atoms with E-state index in [1.807, 2.05) is 13.8 Å². The van der Waals surface area contributed by atoms with E-state index in [1.165, 1.54) is 32.0 Å². The Kier molecular flexibility index (Phi) is 6.16. The third-order valence-corrected chi connectivity index (χ3v) is 8.77. The zero-order valence-corrected chi connectivity index (χ0v) is 21.3. The van der Waals surface area contributed by atoms with Crippen molar-refractivity contribution in [2.75, 3.05) is 7.11 Å². The smallest absolute Gasteiger partial charge is 0.342 e. The zero-order valence-electron chi connectivity index (χ0n) is 21.3. The summed E-state index contributed by atoms with van der Waals surface area (Å²) >= 11 is 0. The number of aromatic nitrogens is 2. The van der Waals surface area contributed by atoms with E-state index in [0.29, 0.717) is 30.7 Å². The molecule has 2 aromatic rings. The molecule has 2 aliphatic carbocycles. The molecule has 3 heterocycles. The molecule has 196 valence electrons. The number of cyclic esters (lactones) is 1. The second-order valence-corrected chi connectivity index (χ2v) is 10.8. The van der Waals surface area contributed by atoms with E-state index in [9.17, 15) is 19.2 Å². The average Bonchev–Trinajstić information content (AvgIpc) is 3.40. The molecule has 10 heteroatoms. The molecule has 0 amide bonds. The van der Waals surface area contributed by atoms with Crippen LogP contribution in [0.5, 0.6) is 0 Å². The van der Waals surface area contributed by atoms with Gasteiger partial charge in [-0.25, -0.2) is 14.8 Å². The Bertz CT molecular complexity index is 1230. The van der Waals surface area contributed by atoms with Crippen LogP contribution >= 0.6 is 0 Å². The second kappa shape index (κ2) is 9.08. The summed E-state index contributed by atoms with van der Waals surface area (Å²) in [7, 11) is 1.31. The van der Waals surface area contributed by atoms with Crippen LogP contribution in [-0.2, 0) is 28.6 Å². The number of carbonyl (C=O) groups excluding carboxylic acids is 4. The van der Waals surface area contributed by atoms with Gasteiger partial charge >= 0.3 is 17.9 Å². The van der Waals surface area contributed by atoms with Crippen LogP contribution in [0.1, 0.15) is 67.4 Å². The third kappa shape index (κ3) is 4.02. The highest BCUT2D eigenvalue weighted by Crippen LogP contribution is 2.65. The minimum absolute atomic E-state index is 0.00726. The summed E-state index contributed by atoms with van der Waals surface area (Å²) in [6, 6.07) is 1.73. The van der Waals surface area contributed by atoms with Crippen molar-refractivity contribution in [1.29, 1.82) is 0 Å². The molecule has 1 aliphatic heterocycles. The van der Waals surface area contributed by atoms with E-state index in [0.717, 1.165) is 0 Å². The lowest BCUT2D eigenvalue weighted by atomic mass is 9.43. The highest BCUT2D eigenvalue weighted by molar-refractivity contribution is 5.96. The summed E-state index contributed by atoms with van der Waals surface area (Å²) in [4.78, 5) is 61.4. The van der Waals surface area contributed by atoms with Gasteiger partial charge in [0, 0.05) is 30.3 Å². The van der Waals surface area contributed by atoms with Crippen molar-refractivity contribution in [3.05, 3.63) is 47.9 Å². The van der Waals surface area contributed by atoms with Crippen LogP contribution in [-0.4, -0.2) is 46.9 Å². The van der Waals surface area contributed by atoms with Crippen LogP contribution in [0.25, 0.3) is 0 Å². The molecule has 5 rings (SSSR count). The van der Waals surface area contributed by atoms with Crippen LogP contribution in [0, 0.1) is 35.5 Å². The van der Waals surface area contributed by atoms with Crippen molar-refractivity contribution >= 4 is 23.7 Å². The predicted octanol–water partition coefficient (Wildman–Crippen LogP) is 3.39. The number of aryl methyl sites for hydroxylation is 1. The topological polar surface area (TPSA) is 135 Å². The molecule has 0 bridgehead atoms. The highest BCUT2D eigenvalue weighted by Gasteiger charge is 2.67. The molecule has 7 atom stereocenters. The monoisotopic (exact) mass is 510 g/mol. The van der Waals surface area contributed by atoms with Gasteiger partial charge in [0.1, 0.15) is 11.9 Å². The summed E-state index contributed by atoms with van der Waals surface area (Å²) in [5.41, 5.74) is -0.819. The Morgan fingerprint density at radius 1 is 1.14 bits per heavy atom. The first kappa shape index (κ1) is 25.1. The van der Waals surface area contributed by atoms with Gasteiger partial charge in [0.2, 0.25) is 0 Å². The summed E-state index contributed by atoms with van der Waals surface area (Å²) in [5, 5.41) is 0. The summed E-state index contributed by atoms with van der Waals surface area (Å²) < 4.78 is 21.8. The van der Waals surface area contributed by atoms with Gasteiger partial charge in [-0.2, -0.15) is 0 Å². The fraction of sp³-hybridized carbons (Fsp3) is 0.556. The van der Waals surface area contributed by atoms with E-state index in [1.54, 1.807) is 13.0 Å². The number of hydrogen-bond acceptors (Lipinski definition) is 10. The summed E-state index contributed by atoms with van der Waals surface area (Å²) in [5.74, 6) is -3.37. The normalized spacial score (nSPS) is 35.1. The second-order valence-electron chi connectivity index (χ2n) is 10.8. The first-order valence-corrected chi connectivity index (χ1v) is 12.4. The zero-order chi connectivity index (χ0) is 26.5. The van der Waals surface area contributed by atoms with Gasteiger partial charge in [-0.3, -0.25) is 14.4 Å². The number of fused-ring (bicyclic) bond motifs is 3. The molecule has 3 fully saturated rings. The average molecular weight is 511 g/mol. The SMILES string of the molecule is COC(=O)[C@@H]1C[C@H](OC(=O)c2cnc(C)nc2)C(=O)[C@H]2[C@@]1(C)CC[C@H]1C(=O)O[C@H](c3ccoc3)C[C@]21C. The van der Waals surface area contributed by atoms with Gasteiger partial charge in [-0.1, -0.05) is 13.8 Å². The molecule has 10 nitrogen and oxygen atoms in total. The highest BCUT2D eigenvalue weighted by atomic mass is 16.6. The molecule has 0 N–H and O–H groups in total. The first-order chi connectivity index (χ1) is 17.6. The molecular formula is C27H30N2O8. The molecule has 0 radical (unpaired) electrons. The first-order valence-electron chi connectivity index (χ1n) is 12.4. The lowest BCUT2D eigenvalue weighted by Crippen LogP contribution is -2.64. The van der Waals surface area contributed by atoms with Crippen LogP contribution in [0.4, 0.5) is 0 Å². The summed E-state index contributed by atoms with van der Waals surface area (Å²) in [6.07, 6.45) is 5.25. The van der Waals surface area contributed by atoms with E-state index >= 15 is 0 Å². The number of esters is 3. The Hall–Kier alpha value is -3.56. The number of nitrogens with zero attached hydrogens (tertiary/aromatic N) is 2. The van der Waals surface area contributed by atoms with Crippen LogP contribution in [0.15, 0.2) is 35.4 Å². The molecule has 0 spiro atoms. The lowest BCUT2D eigenvalue weighted by molar-refractivity contribution is -0.208. The third-order valence-electron chi connectivity index (χ3n) is 8.77. The van der Waals surface area contributed by atoms with Crippen LogP contribution in [0.2, 0.25) is 0 Å². The maximum Gasteiger partial charge on any atom is 0.342 e. The van der Waals surface area contributed by atoms with E-state index < -0.39 is 52.7 Å². The molecule has 0 unspecified atom stereocenters. The Morgan fingerprint density at radius 2 is 1.86 bits per heavy atom. The molecule has 2 aromatic heterocycles. The fourth-order valence-corrected chi connectivity index (χ4v) is 6.96. The fourth-order valence-electron chi connectivity index (χ4n) is 6.96. The maximum atomic E-state index is 14.2. The van der Waals surface area contributed by atoms with Crippen molar-refractivity contribution in [1.82, 2.24) is 9.97 Å². The maximum absolute atomic E-state index is 14.2. The van der Waals surface area contributed by atoms with E-state index in [4.69, 9.17) is 18.6 Å². The molecule has 3 aliphatic rings. The number of Topliss-reactive ketones (excluding diaryl/α,β-unsaturated/α-hetero) is 1. The van der Waals surface area contributed by atoms with Crippen LogP contribution in [0.3, 0.4) is 0 Å². The minimum atomic E-state index is -1.18. The van der Waals surface area contributed by atoms with Crippen molar-refractivity contribution in [2.45, 2.75) is 58.7 Å². The van der Waals surface area contributed by atoms with Crippen molar-refractivity contribution < 1.29 is 37.8 Å². The lowest BCUT2D eigenvalue weighted by Gasteiger charge is -2.61. The Balaban J connectivity index is 1.53. The molecule has 1 saturated heterocycles. The van der Waals surface area contributed by atoms with Gasteiger partial charge in [-0.05, 0) is 43.1 Å². The Morgan fingerprint density at radius 3 is 2.51 bits per heavy atom.